The van der Waals surface area contributed by atoms with Crippen molar-refractivity contribution in [2.45, 2.75) is 13.3 Å². The molecule has 0 aliphatic carbocycles. The summed E-state index contributed by atoms with van der Waals surface area (Å²) in [5, 5.41) is 24.1. The average Bonchev–Trinajstić information content (AvgIpc) is 2.88. The molecule has 0 saturated carbocycles. The summed E-state index contributed by atoms with van der Waals surface area (Å²) in [7, 11) is 2.07. The number of amidine groups is 1. The molecule has 2 aromatic carbocycles. The van der Waals surface area contributed by atoms with Gasteiger partial charge >= 0.3 is 0 Å². The van der Waals surface area contributed by atoms with Crippen molar-refractivity contribution in [1.29, 1.82) is 5.26 Å². The van der Waals surface area contributed by atoms with Gasteiger partial charge in [-0.1, -0.05) is 19.1 Å². The number of rotatable bonds is 6. The highest BCUT2D eigenvalue weighted by molar-refractivity contribution is 6.25. The Morgan fingerprint density at radius 3 is 2.68 bits per heavy atom. The van der Waals surface area contributed by atoms with E-state index in [0.29, 0.717) is 17.7 Å². The number of hydrogen-bond acceptors (Lipinski definition) is 9. The number of nitrogens with two attached hydrogens (primary N) is 1. The fraction of sp³-hybridized carbons (Fsp3) is 0.296. The Labute approximate surface area is 220 Å². The molecule has 0 aromatic heterocycles. The van der Waals surface area contributed by atoms with Gasteiger partial charge in [0.05, 0.1) is 27.8 Å². The lowest BCUT2D eigenvalue weighted by molar-refractivity contribution is -0.384. The number of piperazine rings is 1. The molecule has 11 nitrogen and oxygen atoms in total. The van der Waals surface area contributed by atoms with Crippen molar-refractivity contribution < 1.29 is 14.5 Å². The number of nitrogens with one attached hydrogen (secondary N) is 1. The van der Waals surface area contributed by atoms with Crippen LogP contribution < -0.4 is 20.7 Å². The Balaban J connectivity index is 1.66. The van der Waals surface area contributed by atoms with Gasteiger partial charge in [-0.05, 0) is 49.7 Å². The third-order valence-electron chi connectivity index (χ3n) is 6.34. The number of carbonyl (C=O) groups is 1. The highest BCUT2D eigenvalue weighted by Crippen LogP contribution is 2.27. The Morgan fingerprint density at radius 2 is 2.00 bits per heavy atom. The summed E-state index contributed by atoms with van der Waals surface area (Å²) in [5.74, 6) is -0.181. The van der Waals surface area contributed by atoms with Crippen molar-refractivity contribution in [3.63, 3.8) is 0 Å². The molecule has 196 valence electrons. The molecule has 1 saturated heterocycles. The Morgan fingerprint density at radius 1 is 1.24 bits per heavy atom. The predicted molar refractivity (Wildman–Crippen MR) is 145 cm³/mol. The third kappa shape index (κ3) is 6.35. The maximum absolute atomic E-state index is 12.4. The SMILES string of the molecule is CC1\C=C(Oc2cccc([N+](=O)[O-])c2)/N=C(Nc2ccc(N3CCN(C)CC3)c(C#N)c2)\C(C(N)=O)=C\C1. The lowest BCUT2D eigenvalue weighted by Gasteiger charge is -2.34. The molecule has 1 atom stereocenters. The summed E-state index contributed by atoms with van der Waals surface area (Å²) in [6.45, 7) is 5.39. The van der Waals surface area contributed by atoms with E-state index in [1.807, 2.05) is 19.1 Å². The summed E-state index contributed by atoms with van der Waals surface area (Å²) in [4.78, 5) is 32.0. The first kappa shape index (κ1) is 26.4. The zero-order valence-electron chi connectivity index (χ0n) is 21.3. The molecule has 2 aliphatic heterocycles. The number of likely N-dealkylation sites (N-methyl/N-ethyl adjacent to an activating group) is 1. The van der Waals surface area contributed by atoms with Crippen molar-refractivity contribution in [1.82, 2.24) is 4.90 Å². The number of carbonyl (C=O) groups excluding carboxylic acids is 1. The van der Waals surface area contributed by atoms with E-state index in [1.165, 1.54) is 18.2 Å². The highest BCUT2D eigenvalue weighted by Gasteiger charge is 2.21. The topological polar surface area (TPSA) is 150 Å². The highest BCUT2D eigenvalue weighted by atomic mass is 16.6. The van der Waals surface area contributed by atoms with Crippen molar-refractivity contribution >= 4 is 28.8 Å². The summed E-state index contributed by atoms with van der Waals surface area (Å²) >= 11 is 0. The van der Waals surface area contributed by atoms with Gasteiger partial charge in [-0.15, -0.1) is 0 Å². The van der Waals surface area contributed by atoms with Gasteiger partial charge in [-0.2, -0.15) is 10.3 Å². The minimum absolute atomic E-state index is 0.0450. The van der Waals surface area contributed by atoms with E-state index in [1.54, 1.807) is 24.3 Å². The molecule has 3 N–H and O–H groups in total. The van der Waals surface area contributed by atoms with Gasteiger partial charge < -0.3 is 25.6 Å². The number of non-ortho nitro benzene ring substituents is 1. The monoisotopic (exact) mass is 515 g/mol. The second-order valence-corrected chi connectivity index (χ2v) is 9.28. The smallest absolute Gasteiger partial charge is 0.273 e. The molecule has 4 rings (SSSR count). The van der Waals surface area contributed by atoms with Crippen LogP contribution >= 0.6 is 0 Å². The summed E-state index contributed by atoms with van der Waals surface area (Å²) in [6, 6.07) is 13.4. The van der Waals surface area contributed by atoms with Gasteiger partial charge in [-0.3, -0.25) is 14.9 Å². The van der Waals surface area contributed by atoms with Crippen LogP contribution in [0.4, 0.5) is 17.1 Å². The number of anilines is 2. The molecular weight excluding hydrogens is 486 g/mol. The fourth-order valence-electron chi connectivity index (χ4n) is 4.23. The first-order valence-corrected chi connectivity index (χ1v) is 12.2. The summed E-state index contributed by atoms with van der Waals surface area (Å²) in [6.07, 6.45) is 3.97. The molecule has 0 spiro atoms. The van der Waals surface area contributed by atoms with E-state index in [0.717, 1.165) is 31.9 Å². The molecule has 2 aliphatic rings. The van der Waals surface area contributed by atoms with E-state index >= 15 is 0 Å². The lowest BCUT2D eigenvalue weighted by atomic mass is 10.0. The zero-order chi connectivity index (χ0) is 27.2. The number of allylic oxidation sites excluding steroid dienone is 2. The van der Waals surface area contributed by atoms with E-state index in [9.17, 15) is 20.2 Å². The van der Waals surface area contributed by atoms with Gasteiger partial charge in [0.1, 0.15) is 17.7 Å². The number of hydrogen-bond donors (Lipinski definition) is 2. The van der Waals surface area contributed by atoms with Crippen LogP contribution in [0.5, 0.6) is 5.75 Å². The normalized spacial score (nSPS) is 22.3. The number of ether oxygens (including phenoxy) is 1. The van der Waals surface area contributed by atoms with E-state index in [4.69, 9.17) is 10.5 Å². The maximum Gasteiger partial charge on any atom is 0.273 e. The molecular formula is C27H29N7O4. The van der Waals surface area contributed by atoms with Crippen LogP contribution in [0.1, 0.15) is 18.9 Å². The maximum atomic E-state index is 12.4. The van der Waals surface area contributed by atoms with Gasteiger partial charge in [0.25, 0.3) is 11.6 Å². The van der Waals surface area contributed by atoms with E-state index < -0.39 is 10.8 Å². The molecule has 2 heterocycles. The van der Waals surface area contributed by atoms with Gasteiger partial charge in [-0.25, -0.2) is 0 Å². The quantitative estimate of drug-likeness (QED) is 0.439. The number of aliphatic imine (C=N–C) groups is 1. The molecule has 38 heavy (non-hydrogen) atoms. The van der Waals surface area contributed by atoms with Crippen LogP contribution in [-0.2, 0) is 4.79 Å². The van der Waals surface area contributed by atoms with Gasteiger partial charge in [0, 0.05) is 37.9 Å². The van der Waals surface area contributed by atoms with E-state index in [-0.39, 0.29) is 34.6 Å². The molecule has 0 bridgehead atoms. The Bertz CT molecular complexity index is 1370. The second kappa shape index (κ2) is 11.6. The van der Waals surface area contributed by atoms with Crippen LogP contribution in [0.3, 0.4) is 0 Å². The molecule has 1 amide bonds. The van der Waals surface area contributed by atoms with Crippen molar-refractivity contribution in [3.05, 3.63) is 81.8 Å². The molecule has 0 radical (unpaired) electrons. The van der Waals surface area contributed by atoms with Crippen molar-refractivity contribution in [2.24, 2.45) is 16.6 Å². The van der Waals surface area contributed by atoms with Crippen LogP contribution in [-0.4, -0.2) is 54.8 Å². The van der Waals surface area contributed by atoms with Crippen molar-refractivity contribution in [3.8, 4) is 11.8 Å². The Hall–Kier alpha value is -4.69. The lowest BCUT2D eigenvalue weighted by Crippen LogP contribution is -2.44. The average molecular weight is 516 g/mol. The summed E-state index contributed by atoms with van der Waals surface area (Å²) < 4.78 is 5.89. The minimum atomic E-state index is -0.672. The minimum Gasteiger partial charge on any atom is -0.439 e. The van der Waals surface area contributed by atoms with Gasteiger partial charge in [0.15, 0.2) is 0 Å². The molecule has 1 fully saturated rings. The molecule has 1 unspecified atom stereocenters. The largest absolute Gasteiger partial charge is 0.439 e. The fourth-order valence-corrected chi connectivity index (χ4v) is 4.23. The second-order valence-electron chi connectivity index (χ2n) is 9.28. The number of nitriles is 1. The number of benzene rings is 2. The Kier molecular flexibility index (Phi) is 8.03. The predicted octanol–water partition coefficient (Wildman–Crippen LogP) is 3.40. The van der Waals surface area contributed by atoms with Crippen LogP contribution in [0, 0.1) is 27.4 Å². The standard InChI is InChI=1S/C27H29N7O4/c1-18-6-8-23(26(29)35)27(31-25(14-18)38-22-5-3-4-21(16-22)34(36)37)30-20-7-9-24(19(15-20)17-28)33-12-10-32(2)11-13-33/h3-5,7-9,14-16,18H,6,10-13H2,1-2H3,(H2,29,35)(H,30,31)/b23-8+,25-14+. The number of primary amides is 1. The van der Waals surface area contributed by atoms with Crippen molar-refractivity contribution in [2.75, 3.05) is 43.4 Å². The summed E-state index contributed by atoms with van der Waals surface area (Å²) in [5.41, 5.74) is 7.64. The first-order valence-electron chi connectivity index (χ1n) is 12.2. The number of nitrogens with zero attached hydrogens (tertiary/aromatic N) is 5. The number of amides is 1. The first-order chi connectivity index (χ1) is 18.2. The van der Waals surface area contributed by atoms with E-state index in [2.05, 4.69) is 33.2 Å². The number of nitro benzene ring substituents is 1. The van der Waals surface area contributed by atoms with Gasteiger partial charge in [0.2, 0.25) is 5.88 Å². The number of nitro groups is 1. The van der Waals surface area contributed by atoms with Crippen LogP contribution in [0.25, 0.3) is 0 Å². The van der Waals surface area contributed by atoms with Crippen LogP contribution in [0.2, 0.25) is 0 Å². The zero-order valence-corrected chi connectivity index (χ0v) is 21.3. The molecule has 11 heteroatoms. The van der Waals surface area contributed by atoms with Crippen LogP contribution in [0.15, 0.2) is 71.1 Å². The third-order valence-corrected chi connectivity index (χ3v) is 6.34. The molecule has 2 aromatic rings.